The fourth-order valence-corrected chi connectivity index (χ4v) is 3.32. The molecule has 0 radical (unpaired) electrons. The molecule has 0 fully saturated rings. The molecule has 2 rings (SSSR count). The van der Waals surface area contributed by atoms with Crippen LogP contribution in [0.4, 0.5) is 0 Å². The van der Waals surface area contributed by atoms with E-state index in [-0.39, 0.29) is 5.56 Å². The van der Waals surface area contributed by atoms with Crippen LogP contribution in [0.15, 0.2) is 28.2 Å². The zero-order valence-corrected chi connectivity index (χ0v) is 14.5. The van der Waals surface area contributed by atoms with Crippen molar-refractivity contribution in [1.29, 1.82) is 5.26 Å². The maximum absolute atomic E-state index is 12.7. The van der Waals surface area contributed by atoms with Crippen LogP contribution in [0.25, 0.3) is 10.9 Å². The average Bonchev–Trinajstić information content (AvgIpc) is 2.54. The summed E-state index contributed by atoms with van der Waals surface area (Å²) in [6, 6.07) is 7.24. The van der Waals surface area contributed by atoms with Crippen molar-refractivity contribution in [2.75, 3.05) is 19.5 Å². The van der Waals surface area contributed by atoms with Gasteiger partial charge in [-0.1, -0.05) is 23.4 Å². The number of benzene rings is 1. The molecule has 2 aromatic rings. The maximum atomic E-state index is 12.7. The number of hydrogen-bond acceptors (Lipinski definition) is 5. The van der Waals surface area contributed by atoms with Crippen molar-refractivity contribution >= 4 is 34.3 Å². The topological polar surface area (TPSA) is 67.9 Å². The molecule has 0 amide bonds. The van der Waals surface area contributed by atoms with E-state index in [1.54, 1.807) is 29.9 Å². The molecule has 122 valence electrons. The summed E-state index contributed by atoms with van der Waals surface area (Å²) in [5.41, 5.74) is 0.527. The number of methoxy groups -OCH3 is 1. The summed E-state index contributed by atoms with van der Waals surface area (Å²) in [4.78, 5) is 17.3. The lowest BCUT2D eigenvalue weighted by molar-refractivity contribution is 0.183. The van der Waals surface area contributed by atoms with Crippen molar-refractivity contribution in [2.24, 2.45) is 0 Å². The minimum Gasteiger partial charge on any atom is -0.383 e. The van der Waals surface area contributed by atoms with Crippen molar-refractivity contribution in [3.63, 3.8) is 0 Å². The Morgan fingerprint density at radius 2 is 2.26 bits per heavy atom. The predicted octanol–water partition coefficient (Wildman–Crippen LogP) is 3.48. The second-order valence-electron chi connectivity index (χ2n) is 4.97. The van der Waals surface area contributed by atoms with Gasteiger partial charge in [0.2, 0.25) is 0 Å². The molecule has 0 aliphatic rings. The Kier molecular flexibility index (Phi) is 6.90. The first-order chi connectivity index (χ1) is 11.2. The third-order valence-electron chi connectivity index (χ3n) is 3.32. The number of hydrogen-bond donors (Lipinski definition) is 0. The molecule has 0 bridgehead atoms. The van der Waals surface area contributed by atoms with Crippen molar-refractivity contribution in [2.45, 2.75) is 31.0 Å². The smallest absolute Gasteiger partial charge is 0.262 e. The average molecular weight is 352 g/mol. The molecule has 0 saturated heterocycles. The molecule has 0 atom stereocenters. The van der Waals surface area contributed by atoms with E-state index in [0.29, 0.717) is 40.7 Å². The first kappa shape index (κ1) is 17.8. The molecular formula is C16H18ClN3O2S. The maximum Gasteiger partial charge on any atom is 0.262 e. The largest absolute Gasteiger partial charge is 0.383 e. The molecule has 23 heavy (non-hydrogen) atoms. The van der Waals surface area contributed by atoms with E-state index in [1.807, 2.05) is 0 Å². The number of fused-ring (bicyclic) bond motifs is 1. The molecular weight excluding hydrogens is 334 g/mol. The Bertz CT molecular complexity index is 770. The molecule has 5 nitrogen and oxygen atoms in total. The summed E-state index contributed by atoms with van der Waals surface area (Å²) in [6.07, 6.45) is 2.31. The van der Waals surface area contributed by atoms with Gasteiger partial charge in [0.1, 0.15) is 0 Å². The molecule has 1 aromatic heterocycles. The normalized spacial score (nSPS) is 10.8. The highest BCUT2D eigenvalue weighted by molar-refractivity contribution is 7.99. The van der Waals surface area contributed by atoms with Gasteiger partial charge in [0.25, 0.3) is 5.56 Å². The summed E-state index contributed by atoms with van der Waals surface area (Å²) in [6.45, 7) is 0.907. The van der Waals surface area contributed by atoms with E-state index < -0.39 is 0 Å². The Hall–Kier alpha value is -1.55. The quantitative estimate of drug-likeness (QED) is 0.413. The Morgan fingerprint density at radius 1 is 1.43 bits per heavy atom. The van der Waals surface area contributed by atoms with Gasteiger partial charge in [0.15, 0.2) is 5.16 Å². The fourth-order valence-electron chi connectivity index (χ4n) is 2.13. The van der Waals surface area contributed by atoms with Gasteiger partial charge in [-0.2, -0.15) is 5.26 Å². The number of ether oxygens (including phenoxy) is 1. The van der Waals surface area contributed by atoms with Crippen molar-refractivity contribution in [3.05, 3.63) is 33.6 Å². The highest BCUT2D eigenvalue weighted by Gasteiger charge is 2.11. The van der Waals surface area contributed by atoms with Crippen LogP contribution in [-0.4, -0.2) is 29.0 Å². The van der Waals surface area contributed by atoms with Gasteiger partial charge < -0.3 is 4.74 Å². The monoisotopic (exact) mass is 351 g/mol. The van der Waals surface area contributed by atoms with Crippen LogP contribution in [0, 0.1) is 11.3 Å². The van der Waals surface area contributed by atoms with Crippen LogP contribution < -0.4 is 5.56 Å². The van der Waals surface area contributed by atoms with Gasteiger partial charge in [-0.25, -0.2) is 4.98 Å². The number of halogens is 1. The van der Waals surface area contributed by atoms with E-state index in [0.717, 1.165) is 18.6 Å². The second kappa shape index (κ2) is 8.92. The number of nitrogens with zero attached hydrogens (tertiary/aromatic N) is 3. The summed E-state index contributed by atoms with van der Waals surface area (Å²) >= 11 is 7.53. The van der Waals surface area contributed by atoms with Crippen LogP contribution >= 0.6 is 23.4 Å². The highest BCUT2D eigenvalue weighted by atomic mass is 35.5. The van der Waals surface area contributed by atoms with E-state index in [9.17, 15) is 4.79 Å². The number of unbranched alkanes of at least 4 members (excludes halogenated alkanes) is 2. The number of aromatic nitrogens is 2. The zero-order valence-electron chi connectivity index (χ0n) is 12.9. The zero-order chi connectivity index (χ0) is 16.7. The lowest BCUT2D eigenvalue weighted by Gasteiger charge is -2.12. The molecule has 1 heterocycles. The lowest BCUT2D eigenvalue weighted by atomic mass is 10.2. The Morgan fingerprint density at radius 3 is 3.00 bits per heavy atom. The minimum atomic E-state index is -0.0803. The van der Waals surface area contributed by atoms with E-state index in [2.05, 4.69) is 11.1 Å². The van der Waals surface area contributed by atoms with E-state index >= 15 is 0 Å². The van der Waals surface area contributed by atoms with Gasteiger partial charge >= 0.3 is 0 Å². The third kappa shape index (κ3) is 4.71. The third-order valence-corrected chi connectivity index (χ3v) is 4.61. The number of rotatable bonds is 8. The molecule has 0 aliphatic heterocycles. The number of nitriles is 1. The van der Waals surface area contributed by atoms with Crippen LogP contribution in [0.5, 0.6) is 0 Å². The summed E-state index contributed by atoms with van der Waals surface area (Å²) in [5, 5.41) is 10.3. The molecule has 0 N–H and O–H groups in total. The first-order valence-electron chi connectivity index (χ1n) is 7.36. The van der Waals surface area contributed by atoms with Crippen LogP contribution in [0.1, 0.15) is 19.3 Å². The standard InChI is InChI=1S/C16H18ClN3O2S/c1-22-9-8-20-15(21)13-6-5-12(17)11-14(13)19-16(20)23-10-4-2-3-7-18/h5-6,11H,2-4,8-10H2,1H3. The molecule has 0 unspecified atom stereocenters. The Balaban J connectivity index is 2.31. The van der Waals surface area contributed by atoms with Gasteiger partial charge in [0.05, 0.1) is 30.1 Å². The Labute approximate surface area is 144 Å². The summed E-state index contributed by atoms with van der Waals surface area (Å²) < 4.78 is 6.74. The SMILES string of the molecule is COCCn1c(SCCCCC#N)nc2cc(Cl)ccc2c1=O. The number of thioether (sulfide) groups is 1. The molecule has 7 heteroatoms. The van der Waals surface area contributed by atoms with Crippen molar-refractivity contribution in [3.8, 4) is 6.07 Å². The molecule has 0 spiro atoms. The van der Waals surface area contributed by atoms with Crippen molar-refractivity contribution in [1.82, 2.24) is 9.55 Å². The van der Waals surface area contributed by atoms with E-state index in [1.165, 1.54) is 11.8 Å². The second-order valence-corrected chi connectivity index (χ2v) is 6.47. The van der Waals surface area contributed by atoms with Gasteiger partial charge in [0, 0.05) is 24.3 Å². The van der Waals surface area contributed by atoms with Gasteiger partial charge in [-0.3, -0.25) is 9.36 Å². The molecule has 0 aliphatic carbocycles. The molecule has 0 saturated carbocycles. The van der Waals surface area contributed by atoms with E-state index in [4.69, 9.17) is 21.6 Å². The van der Waals surface area contributed by atoms with Crippen LogP contribution in [0.3, 0.4) is 0 Å². The lowest BCUT2D eigenvalue weighted by Crippen LogP contribution is -2.25. The van der Waals surface area contributed by atoms with Crippen LogP contribution in [0.2, 0.25) is 5.02 Å². The van der Waals surface area contributed by atoms with Gasteiger partial charge in [-0.15, -0.1) is 0 Å². The minimum absolute atomic E-state index is 0.0803. The summed E-state index contributed by atoms with van der Waals surface area (Å²) in [5.74, 6) is 0.813. The van der Waals surface area contributed by atoms with Crippen LogP contribution in [-0.2, 0) is 11.3 Å². The van der Waals surface area contributed by atoms with Crippen molar-refractivity contribution < 1.29 is 4.74 Å². The highest BCUT2D eigenvalue weighted by Crippen LogP contribution is 2.21. The first-order valence-corrected chi connectivity index (χ1v) is 8.72. The molecule has 1 aromatic carbocycles. The summed E-state index contributed by atoms with van der Waals surface area (Å²) in [7, 11) is 1.61. The van der Waals surface area contributed by atoms with Gasteiger partial charge in [-0.05, 0) is 31.0 Å². The predicted molar refractivity (Wildman–Crippen MR) is 93.1 cm³/mol. The fraction of sp³-hybridized carbons (Fsp3) is 0.438.